The summed E-state index contributed by atoms with van der Waals surface area (Å²) in [6, 6.07) is 2.42. The highest BCUT2D eigenvalue weighted by Crippen LogP contribution is 2.33. The van der Waals surface area contributed by atoms with Crippen LogP contribution in [-0.4, -0.2) is 12.6 Å². The molecule has 0 aliphatic rings. The molecule has 2 nitrogen and oxygen atoms in total. The van der Waals surface area contributed by atoms with Crippen molar-refractivity contribution in [2.45, 2.75) is 64.5 Å². The van der Waals surface area contributed by atoms with Crippen molar-refractivity contribution >= 4 is 5.97 Å². The number of benzene rings is 1. The Kier molecular flexibility index (Phi) is 8.79. The number of hydrogen-bond donors (Lipinski definition) is 0. The third-order valence-corrected chi connectivity index (χ3v) is 3.75. The van der Waals surface area contributed by atoms with Gasteiger partial charge in [0.15, 0.2) is 0 Å². The Labute approximate surface area is 140 Å². The molecule has 0 atom stereocenters. The first-order chi connectivity index (χ1) is 11.4. The van der Waals surface area contributed by atoms with Gasteiger partial charge in [0, 0.05) is 0 Å². The molecule has 0 saturated heterocycles. The van der Waals surface area contributed by atoms with E-state index in [1.807, 2.05) is 0 Å². The molecule has 0 aliphatic heterocycles. The SMILES string of the molecule is CCCCCCCCCCOC(=O)c1c(F)cccc1C(F)(F)F. The van der Waals surface area contributed by atoms with E-state index in [1.54, 1.807) is 0 Å². The fourth-order valence-electron chi connectivity index (χ4n) is 2.44. The van der Waals surface area contributed by atoms with Gasteiger partial charge in [-0.2, -0.15) is 13.2 Å². The minimum Gasteiger partial charge on any atom is -0.462 e. The summed E-state index contributed by atoms with van der Waals surface area (Å²) < 4.78 is 56.9. The van der Waals surface area contributed by atoms with Crippen LogP contribution in [0.4, 0.5) is 17.6 Å². The summed E-state index contributed by atoms with van der Waals surface area (Å²) in [4.78, 5) is 11.8. The number of esters is 1. The van der Waals surface area contributed by atoms with Gasteiger partial charge in [-0.15, -0.1) is 0 Å². The molecular formula is C18H24F4O2. The zero-order valence-corrected chi connectivity index (χ0v) is 13.9. The number of hydrogen-bond acceptors (Lipinski definition) is 2. The summed E-state index contributed by atoms with van der Waals surface area (Å²) in [5.41, 5.74) is -2.34. The van der Waals surface area contributed by atoms with Crippen LogP contribution in [0.3, 0.4) is 0 Å². The largest absolute Gasteiger partial charge is 0.462 e. The molecule has 0 N–H and O–H groups in total. The molecule has 0 spiro atoms. The van der Waals surface area contributed by atoms with E-state index in [9.17, 15) is 22.4 Å². The summed E-state index contributed by atoms with van der Waals surface area (Å²) >= 11 is 0. The lowest BCUT2D eigenvalue weighted by atomic mass is 10.1. The van der Waals surface area contributed by atoms with Crippen LogP contribution < -0.4 is 0 Å². The molecule has 6 heteroatoms. The van der Waals surface area contributed by atoms with Crippen molar-refractivity contribution in [1.82, 2.24) is 0 Å². The maximum absolute atomic E-state index is 13.6. The molecular weight excluding hydrogens is 324 g/mol. The van der Waals surface area contributed by atoms with Gasteiger partial charge in [-0.1, -0.05) is 57.9 Å². The molecule has 1 aromatic rings. The van der Waals surface area contributed by atoms with Crippen LogP contribution in [0.25, 0.3) is 0 Å². The lowest BCUT2D eigenvalue weighted by molar-refractivity contribution is -0.138. The number of halogens is 4. The number of ether oxygens (including phenoxy) is 1. The number of rotatable bonds is 10. The lowest BCUT2D eigenvalue weighted by Gasteiger charge is -2.13. The first-order valence-electron chi connectivity index (χ1n) is 8.40. The maximum atomic E-state index is 13.6. The van der Waals surface area contributed by atoms with Gasteiger partial charge in [-0.3, -0.25) is 0 Å². The zero-order valence-electron chi connectivity index (χ0n) is 13.9. The standard InChI is InChI=1S/C18H24F4O2/c1-2-3-4-5-6-7-8-9-13-24-17(23)16-14(18(20,21)22)11-10-12-15(16)19/h10-12H,2-9,13H2,1H3. The molecule has 24 heavy (non-hydrogen) atoms. The van der Waals surface area contributed by atoms with Crippen molar-refractivity contribution in [2.24, 2.45) is 0 Å². The first-order valence-corrected chi connectivity index (χ1v) is 8.40. The molecule has 136 valence electrons. The maximum Gasteiger partial charge on any atom is 0.417 e. The number of alkyl halides is 3. The van der Waals surface area contributed by atoms with E-state index >= 15 is 0 Å². The molecule has 1 rings (SSSR count). The summed E-state index contributed by atoms with van der Waals surface area (Å²) in [5, 5.41) is 0. The van der Waals surface area contributed by atoms with Gasteiger partial charge in [0.1, 0.15) is 11.4 Å². The normalized spacial score (nSPS) is 11.5. The van der Waals surface area contributed by atoms with E-state index in [-0.39, 0.29) is 6.61 Å². The van der Waals surface area contributed by atoms with Crippen LogP contribution in [0.2, 0.25) is 0 Å². The van der Waals surface area contributed by atoms with Crippen LogP contribution in [0, 0.1) is 5.82 Å². The highest BCUT2D eigenvalue weighted by molar-refractivity contribution is 5.91. The van der Waals surface area contributed by atoms with Crippen LogP contribution in [0.15, 0.2) is 18.2 Å². The molecule has 0 aromatic heterocycles. The van der Waals surface area contributed by atoms with Gasteiger partial charge in [-0.05, 0) is 18.6 Å². The van der Waals surface area contributed by atoms with Gasteiger partial charge in [0.05, 0.1) is 12.2 Å². The van der Waals surface area contributed by atoms with Gasteiger partial charge in [0.2, 0.25) is 0 Å². The predicted molar refractivity (Wildman–Crippen MR) is 84.3 cm³/mol. The molecule has 0 heterocycles. The Bertz CT molecular complexity index is 512. The Balaban J connectivity index is 2.39. The monoisotopic (exact) mass is 348 g/mol. The third-order valence-electron chi connectivity index (χ3n) is 3.75. The number of unbranched alkanes of at least 4 members (excludes halogenated alkanes) is 7. The molecule has 0 amide bonds. The summed E-state index contributed by atoms with van der Waals surface area (Å²) in [7, 11) is 0. The number of carbonyl (C=O) groups excluding carboxylic acids is 1. The van der Waals surface area contributed by atoms with E-state index in [4.69, 9.17) is 4.74 Å². The van der Waals surface area contributed by atoms with Crippen molar-refractivity contribution < 1.29 is 27.1 Å². The van der Waals surface area contributed by atoms with E-state index in [0.717, 1.165) is 37.8 Å². The molecule has 0 aliphatic carbocycles. The highest BCUT2D eigenvalue weighted by Gasteiger charge is 2.37. The van der Waals surface area contributed by atoms with Crippen LogP contribution in [0.5, 0.6) is 0 Å². The topological polar surface area (TPSA) is 26.3 Å². The van der Waals surface area contributed by atoms with Crippen molar-refractivity contribution in [3.05, 3.63) is 35.1 Å². The van der Waals surface area contributed by atoms with E-state index < -0.39 is 29.1 Å². The second kappa shape index (κ2) is 10.3. The molecule has 0 bridgehead atoms. The Morgan fingerprint density at radius 1 is 1.00 bits per heavy atom. The van der Waals surface area contributed by atoms with E-state index in [0.29, 0.717) is 12.5 Å². The average Bonchev–Trinajstić information content (AvgIpc) is 2.52. The lowest BCUT2D eigenvalue weighted by Crippen LogP contribution is -2.17. The Morgan fingerprint density at radius 3 is 2.17 bits per heavy atom. The molecule has 1 aromatic carbocycles. The molecule has 0 radical (unpaired) electrons. The highest BCUT2D eigenvalue weighted by atomic mass is 19.4. The fraction of sp³-hybridized carbons (Fsp3) is 0.611. The summed E-state index contributed by atoms with van der Waals surface area (Å²) in [5.74, 6) is -2.48. The van der Waals surface area contributed by atoms with Crippen LogP contribution >= 0.6 is 0 Å². The van der Waals surface area contributed by atoms with Crippen molar-refractivity contribution in [2.75, 3.05) is 6.61 Å². The second-order valence-corrected chi connectivity index (χ2v) is 5.77. The van der Waals surface area contributed by atoms with Gasteiger partial charge >= 0.3 is 12.1 Å². The quantitative estimate of drug-likeness (QED) is 0.288. The minimum absolute atomic E-state index is 0.000571. The first kappa shape index (κ1) is 20.5. The third kappa shape index (κ3) is 6.89. The Hall–Kier alpha value is -1.59. The Morgan fingerprint density at radius 2 is 1.58 bits per heavy atom. The van der Waals surface area contributed by atoms with Crippen LogP contribution in [-0.2, 0) is 10.9 Å². The number of carbonyl (C=O) groups is 1. The summed E-state index contributed by atoms with van der Waals surface area (Å²) in [6.07, 6.45) is 3.48. The molecule has 0 unspecified atom stereocenters. The fourth-order valence-corrected chi connectivity index (χ4v) is 2.44. The van der Waals surface area contributed by atoms with E-state index in [2.05, 4.69) is 6.92 Å². The predicted octanol–water partition coefficient (Wildman–Crippen LogP) is 6.14. The smallest absolute Gasteiger partial charge is 0.417 e. The van der Waals surface area contributed by atoms with Crippen LogP contribution in [0.1, 0.15) is 74.2 Å². The molecule has 0 fully saturated rings. The summed E-state index contributed by atoms with van der Waals surface area (Å²) in [6.45, 7) is 2.15. The van der Waals surface area contributed by atoms with Gasteiger partial charge in [0.25, 0.3) is 0 Å². The van der Waals surface area contributed by atoms with E-state index in [1.165, 1.54) is 19.3 Å². The second-order valence-electron chi connectivity index (χ2n) is 5.77. The zero-order chi connectivity index (χ0) is 18.0. The average molecular weight is 348 g/mol. The van der Waals surface area contributed by atoms with Crippen molar-refractivity contribution in [3.63, 3.8) is 0 Å². The molecule has 0 saturated carbocycles. The van der Waals surface area contributed by atoms with Crippen molar-refractivity contribution in [3.8, 4) is 0 Å². The minimum atomic E-state index is -4.80. The van der Waals surface area contributed by atoms with Gasteiger partial charge in [-0.25, -0.2) is 9.18 Å². The van der Waals surface area contributed by atoms with Crippen molar-refractivity contribution in [1.29, 1.82) is 0 Å². The van der Waals surface area contributed by atoms with Gasteiger partial charge < -0.3 is 4.74 Å².